The van der Waals surface area contributed by atoms with Crippen molar-refractivity contribution in [1.29, 1.82) is 0 Å². The average Bonchev–Trinajstić information content (AvgIpc) is 2.36. The smallest absolute Gasteiger partial charge is 0.165 e. The lowest BCUT2D eigenvalue weighted by molar-refractivity contribution is 0.384. The quantitative estimate of drug-likeness (QED) is 0.818. The fraction of sp³-hybridized carbons (Fsp3) is 0.571. The predicted molar refractivity (Wildman–Crippen MR) is 77.0 cm³/mol. The van der Waals surface area contributed by atoms with Crippen molar-refractivity contribution in [3.63, 3.8) is 0 Å². The maximum Gasteiger partial charge on any atom is 0.165 e. The van der Waals surface area contributed by atoms with Gasteiger partial charge in [0.2, 0.25) is 0 Å². The van der Waals surface area contributed by atoms with E-state index in [2.05, 4.69) is 26.1 Å². The second kappa shape index (κ2) is 7.64. The van der Waals surface area contributed by atoms with Crippen LogP contribution in [0.5, 0.6) is 5.75 Å². The van der Waals surface area contributed by atoms with Gasteiger partial charge in [0.15, 0.2) is 11.6 Å². The lowest BCUT2D eigenvalue weighted by Gasteiger charge is -2.20. The van der Waals surface area contributed by atoms with E-state index in [0.717, 1.165) is 17.1 Å². The first-order valence-corrected chi connectivity index (χ1v) is 7.41. The molecule has 0 bridgehead atoms. The van der Waals surface area contributed by atoms with Crippen molar-refractivity contribution in [2.75, 3.05) is 18.6 Å². The molecule has 2 unspecified atom stereocenters. The van der Waals surface area contributed by atoms with Crippen molar-refractivity contribution in [3.05, 3.63) is 29.6 Å². The molecule has 18 heavy (non-hydrogen) atoms. The summed E-state index contributed by atoms with van der Waals surface area (Å²) in [5.74, 6) is 2.20. The predicted octanol–water partition coefficient (Wildman–Crippen LogP) is 3.63. The number of benzene rings is 1. The first-order valence-electron chi connectivity index (χ1n) is 6.25. The first kappa shape index (κ1) is 15.3. The lowest BCUT2D eigenvalue weighted by atomic mass is 10.1. The summed E-state index contributed by atoms with van der Waals surface area (Å²) in [5, 5.41) is 3.50. The number of ether oxygens (including phenoxy) is 1. The molecule has 0 saturated carbocycles. The van der Waals surface area contributed by atoms with Crippen LogP contribution in [0.2, 0.25) is 0 Å². The average molecular weight is 271 g/mol. The van der Waals surface area contributed by atoms with Crippen molar-refractivity contribution in [2.24, 2.45) is 0 Å². The summed E-state index contributed by atoms with van der Waals surface area (Å²) >= 11 is 1.92. The summed E-state index contributed by atoms with van der Waals surface area (Å²) in [6.07, 6.45) is 0. The number of methoxy groups -OCH3 is 1. The van der Waals surface area contributed by atoms with E-state index in [1.54, 1.807) is 12.1 Å². The Kier molecular flexibility index (Phi) is 6.50. The molecular weight excluding hydrogens is 249 g/mol. The van der Waals surface area contributed by atoms with E-state index in [1.807, 2.05) is 11.8 Å². The van der Waals surface area contributed by atoms with Crippen molar-refractivity contribution in [2.45, 2.75) is 32.9 Å². The second-order valence-electron chi connectivity index (χ2n) is 4.34. The van der Waals surface area contributed by atoms with Gasteiger partial charge in [-0.15, -0.1) is 0 Å². The number of thioether (sulfide) groups is 1. The van der Waals surface area contributed by atoms with Crippen LogP contribution in [0.15, 0.2) is 18.2 Å². The summed E-state index contributed by atoms with van der Waals surface area (Å²) in [4.78, 5) is 0. The molecule has 1 N–H and O–H groups in total. The Morgan fingerprint density at radius 1 is 1.39 bits per heavy atom. The molecular formula is C14H22FNOS. The zero-order valence-corrected chi connectivity index (χ0v) is 12.3. The van der Waals surface area contributed by atoms with Crippen LogP contribution in [-0.2, 0) is 0 Å². The minimum Gasteiger partial charge on any atom is -0.494 e. The minimum absolute atomic E-state index is 0.187. The van der Waals surface area contributed by atoms with Crippen molar-refractivity contribution >= 4 is 11.8 Å². The van der Waals surface area contributed by atoms with E-state index in [-0.39, 0.29) is 11.9 Å². The van der Waals surface area contributed by atoms with Gasteiger partial charge in [-0.25, -0.2) is 4.39 Å². The molecule has 2 atom stereocenters. The standard InChI is InChI=1S/C14H22FNOS/c1-5-18-9-10(2)16-11(3)12-6-7-13(15)14(8-12)17-4/h6-8,10-11,16H,5,9H2,1-4H3. The van der Waals surface area contributed by atoms with Gasteiger partial charge in [-0.1, -0.05) is 13.0 Å². The van der Waals surface area contributed by atoms with Crippen LogP contribution in [-0.4, -0.2) is 24.7 Å². The highest BCUT2D eigenvalue weighted by Crippen LogP contribution is 2.22. The Balaban J connectivity index is 2.63. The molecule has 0 aliphatic heterocycles. The summed E-state index contributed by atoms with van der Waals surface area (Å²) < 4.78 is 18.3. The largest absolute Gasteiger partial charge is 0.494 e. The Morgan fingerprint density at radius 3 is 2.72 bits per heavy atom. The van der Waals surface area contributed by atoms with Gasteiger partial charge in [-0.05, 0) is 37.3 Å². The van der Waals surface area contributed by atoms with Crippen LogP contribution in [0.3, 0.4) is 0 Å². The van der Waals surface area contributed by atoms with E-state index in [0.29, 0.717) is 11.8 Å². The Morgan fingerprint density at radius 2 is 2.11 bits per heavy atom. The van der Waals surface area contributed by atoms with E-state index >= 15 is 0 Å². The van der Waals surface area contributed by atoms with Gasteiger partial charge in [0, 0.05) is 17.8 Å². The molecule has 0 radical (unpaired) electrons. The molecule has 0 aromatic heterocycles. The molecule has 1 rings (SSSR count). The number of hydrogen-bond donors (Lipinski definition) is 1. The fourth-order valence-corrected chi connectivity index (χ4v) is 2.50. The Bertz CT molecular complexity index is 373. The van der Waals surface area contributed by atoms with Crippen molar-refractivity contribution in [3.8, 4) is 5.75 Å². The van der Waals surface area contributed by atoms with Gasteiger partial charge in [0.25, 0.3) is 0 Å². The molecule has 0 fully saturated rings. The third-order valence-electron chi connectivity index (χ3n) is 2.78. The number of nitrogens with one attached hydrogen (secondary N) is 1. The lowest BCUT2D eigenvalue weighted by Crippen LogP contribution is -2.30. The van der Waals surface area contributed by atoms with Crippen LogP contribution in [0.25, 0.3) is 0 Å². The fourth-order valence-electron chi connectivity index (χ4n) is 1.81. The van der Waals surface area contributed by atoms with Crippen LogP contribution in [0.1, 0.15) is 32.4 Å². The zero-order valence-electron chi connectivity index (χ0n) is 11.5. The van der Waals surface area contributed by atoms with Gasteiger partial charge >= 0.3 is 0 Å². The third-order valence-corrected chi connectivity index (χ3v) is 3.93. The first-order chi connectivity index (χ1) is 8.58. The van der Waals surface area contributed by atoms with Gasteiger partial charge in [0.1, 0.15) is 0 Å². The van der Waals surface area contributed by atoms with E-state index in [4.69, 9.17) is 4.74 Å². The SMILES string of the molecule is CCSCC(C)NC(C)c1ccc(F)c(OC)c1. The molecule has 0 heterocycles. The molecule has 102 valence electrons. The summed E-state index contributed by atoms with van der Waals surface area (Å²) in [6, 6.07) is 5.63. The number of halogens is 1. The third kappa shape index (κ3) is 4.50. The molecule has 0 aliphatic carbocycles. The second-order valence-corrected chi connectivity index (χ2v) is 5.66. The molecule has 0 spiro atoms. The van der Waals surface area contributed by atoms with Gasteiger partial charge in [-0.2, -0.15) is 11.8 Å². The van der Waals surface area contributed by atoms with Crippen molar-refractivity contribution in [1.82, 2.24) is 5.32 Å². The van der Waals surface area contributed by atoms with Crippen LogP contribution < -0.4 is 10.1 Å². The van der Waals surface area contributed by atoms with Crippen molar-refractivity contribution < 1.29 is 9.13 Å². The van der Waals surface area contributed by atoms with Crippen LogP contribution in [0.4, 0.5) is 4.39 Å². The van der Waals surface area contributed by atoms with Crippen LogP contribution >= 0.6 is 11.8 Å². The highest BCUT2D eigenvalue weighted by molar-refractivity contribution is 7.99. The van der Waals surface area contributed by atoms with E-state index in [9.17, 15) is 4.39 Å². The zero-order chi connectivity index (χ0) is 13.5. The summed E-state index contributed by atoms with van der Waals surface area (Å²) in [7, 11) is 1.49. The van der Waals surface area contributed by atoms with E-state index < -0.39 is 0 Å². The minimum atomic E-state index is -0.317. The maximum atomic E-state index is 13.3. The maximum absolute atomic E-state index is 13.3. The number of rotatable bonds is 7. The highest BCUT2D eigenvalue weighted by Gasteiger charge is 2.12. The van der Waals surface area contributed by atoms with Crippen LogP contribution in [0, 0.1) is 5.82 Å². The molecule has 2 nitrogen and oxygen atoms in total. The van der Waals surface area contributed by atoms with Gasteiger partial charge < -0.3 is 10.1 Å². The molecule has 0 amide bonds. The Labute approximate surface area is 113 Å². The monoisotopic (exact) mass is 271 g/mol. The molecule has 0 aliphatic rings. The highest BCUT2D eigenvalue weighted by atomic mass is 32.2. The molecule has 1 aromatic carbocycles. The topological polar surface area (TPSA) is 21.3 Å². The van der Waals surface area contributed by atoms with Gasteiger partial charge in [0.05, 0.1) is 7.11 Å². The summed E-state index contributed by atoms with van der Waals surface area (Å²) in [5.41, 5.74) is 1.04. The van der Waals surface area contributed by atoms with E-state index in [1.165, 1.54) is 13.2 Å². The summed E-state index contributed by atoms with van der Waals surface area (Å²) in [6.45, 7) is 6.41. The molecule has 1 aromatic rings. The van der Waals surface area contributed by atoms with Gasteiger partial charge in [-0.3, -0.25) is 0 Å². The molecule has 4 heteroatoms. The normalized spacial score (nSPS) is 14.3. The molecule has 0 saturated heterocycles. The Hall–Kier alpha value is -0.740. The number of hydrogen-bond acceptors (Lipinski definition) is 3.